The fraction of sp³-hybridized carbons (Fsp3) is 0. The van der Waals surface area contributed by atoms with E-state index >= 15 is 0 Å². The van der Waals surface area contributed by atoms with Gasteiger partial charge in [0.25, 0.3) is 0 Å². The van der Waals surface area contributed by atoms with Crippen molar-refractivity contribution in [2.24, 2.45) is 5.10 Å². The van der Waals surface area contributed by atoms with Crippen molar-refractivity contribution in [3.63, 3.8) is 0 Å². The Labute approximate surface area is 69.5 Å². The highest BCUT2D eigenvalue weighted by Crippen LogP contribution is 2.03. The molecule has 0 radical (unpaired) electrons. The van der Waals surface area contributed by atoms with Crippen molar-refractivity contribution in [2.75, 3.05) is 5.43 Å². The van der Waals surface area contributed by atoms with E-state index in [9.17, 15) is 4.79 Å². The van der Waals surface area contributed by atoms with Crippen LogP contribution >= 0.6 is 0 Å². The molecule has 0 aliphatic rings. The molecule has 0 saturated carbocycles. The van der Waals surface area contributed by atoms with Gasteiger partial charge in [-0.2, -0.15) is 5.10 Å². The molecule has 1 aromatic carbocycles. The first-order valence-corrected chi connectivity index (χ1v) is 3.36. The Morgan fingerprint density at radius 3 is 2.67 bits per heavy atom. The van der Waals surface area contributed by atoms with Crippen LogP contribution in [0.3, 0.4) is 0 Å². The molecule has 0 heterocycles. The molecule has 2 N–H and O–H groups in total. The van der Waals surface area contributed by atoms with Gasteiger partial charge < -0.3 is 5.11 Å². The highest BCUT2D eigenvalue weighted by Gasteiger charge is 1.86. The van der Waals surface area contributed by atoms with E-state index in [4.69, 9.17) is 5.11 Å². The van der Waals surface area contributed by atoms with Crippen LogP contribution in [0.1, 0.15) is 0 Å². The second kappa shape index (κ2) is 4.12. The van der Waals surface area contributed by atoms with Gasteiger partial charge in [0.1, 0.15) is 6.21 Å². The predicted molar refractivity (Wildman–Crippen MR) is 46.2 cm³/mol. The summed E-state index contributed by atoms with van der Waals surface area (Å²) in [7, 11) is 0. The second-order valence-electron chi connectivity index (χ2n) is 2.07. The molecule has 4 nitrogen and oxygen atoms in total. The maximum atomic E-state index is 10.0. The summed E-state index contributed by atoms with van der Waals surface area (Å²) in [4.78, 5) is 10.0. The molecule has 4 heteroatoms. The number of carbonyl (C=O) groups is 1. The van der Waals surface area contributed by atoms with E-state index in [1.165, 1.54) is 0 Å². The highest BCUT2D eigenvalue weighted by atomic mass is 16.4. The van der Waals surface area contributed by atoms with Gasteiger partial charge in [-0.15, -0.1) is 0 Å². The van der Waals surface area contributed by atoms with Crippen LogP contribution in [0.25, 0.3) is 0 Å². The third-order valence-electron chi connectivity index (χ3n) is 1.14. The van der Waals surface area contributed by atoms with Gasteiger partial charge in [-0.3, -0.25) is 5.43 Å². The number of aliphatic carboxylic acids is 1. The van der Waals surface area contributed by atoms with Gasteiger partial charge in [0.05, 0.1) is 5.69 Å². The fourth-order valence-corrected chi connectivity index (χ4v) is 0.675. The summed E-state index contributed by atoms with van der Waals surface area (Å²) in [5.74, 6) is -1.07. The van der Waals surface area contributed by atoms with E-state index < -0.39 is 5.97 Å². The normalized spacial score (nSPS) is 10.0. The molecular weight excluding hydrogens is 156 g/mol. The van der Waals surface area contributed by atoms with E-state index in [1.54, 1.807) is 12.1 Å². The van der Waals surface area contributed by atoms with Gasteiger partial charge >= 0.3 is 5.97 Å². The molecule has 1 aromatic rings. The standard InChI is InChI=1S/C8H8N2O2/c11-8(12)6-9-10-7-4-2-1-3-5-7/h1-6,10H,(H,11,12)/b9-6-. The van der Waals surface area contributed by atoms with Gasteiger partial charge in [-0.25, -0.2) is 4.79 Å². The van der Waals surface area contributed by atoms with Crippen LogP contribution < -0.4 is 5.43 Å². The van der Waals surface area contributed by atoms with Crippen molar-refractivity contribution in [3.05, 3.63) is 30.3 Å². The van der Waals surface area contributed by atoms with Crippen LogP contribution in [0.5, 0.6) is 0 Å². The predicted octanol–water partition coefficient (Wildman–Crippen LogP) is 1.17. The number of anilines is 1. The van der Waals surface area contributed by atoms with Crippen molar-refractivity contribution >= 4 is 17.9 Å². The largest absolute Gasteiger partial charge is 0.477 e. The van der Waals surface area contributed by atoms with Crippen LogP contribution in [-0.4, -0.2) is 17.3 Å². The first kappa shape index (κ1) is 8.26. The minimum Gasteiger partial charge on any atom is -0.477 e. The van der Waals surface area contributed by atoms with Crippen molar-refractivity contribution in [1.82, 2.24) is 0 Å². The van der Waals surface area contributed by atoms with Gasteiger partial charge in [-0.1, -0.05) is 18.2 Å². The zero-order chi connectivity index (χ0) is 8.81. The van der Waals surface area contributed by atoms with Crippen LogP contribution in [0.4, 0.5) is 5.69 Å². The summed E-state index contributed by atoms with van der Waals surface area (Å²) >= 11 is 0. The van der Waals surface area contributed by atoms with E-state index in [1.807, 2.05) is 18.2 Å². The van der Waals surface area contributed by atoms with Crippen LogP contribution in [0.2, 0.25) is 0 Å². The minimum absolute atomic E-state index is 0.759. The lowest BCUT2D eigenvalue weighted by molar-refractivity contribution is -0.128. The lowest BCUT2D eigenvalue weighted by atomic mass is 10.3. The molecule has 62 valence electrons. The van der Waals surface area contributed by atoms with E-state index in [0.717, 1.165) is 11.9 Å². The molecule has 0 fully saturated rings. The summed E-state index contributed by atoms with van der Waals surface area (Å²) in [5.41, 5.74) is 3.32. The smallest absolute Gasteiger partial charge is 0.348 e. The lowest BCUT2D eigenvalue weighted by Gasteiger charge is -1.96. The van der Waals surface area contributed by atoms with E-state index in [0.29, 0.717) is 0 Å². The van der Waals surface area contributed by atoms with Gasteiger partial charge in [0, 0.05) is 0 Å². The van der Waals surface area contributed by atoms with E-state index in [2.05, 4.69) is 10.5 Å². The quantitative estimate of drug-likeness (QED) is 0.520. The average Bonchev–Trinajstić information content (AvgIpc) is 2.05. The number of carboxylic acids is 1. The molecule has 12 heavy (non-hydrogen) atoms. The number of rotatable bonds is 3. The van der Waals surface area contributed by atoms with Crippen molar-refractivity contribution in [1.29, 1.82) is 0 Å². The monoisotopic (exact) mass is 164 g/mol. The van der Waals surface area contributed by atoms with Crippen molar-refractivity contribution in [2.45, 2.75) is 0 Å². The molecule has 1 rings (SSSR count). The van der Waals surface area contributed by atoms with Crippen LogP contribution in [0, 0.1) is 0 Å². The first-order chi connectivity index (χ1) is 5.79. The minimum atomic E-state index is -1.07. The lowest BCUT2D eigenvalue weighted by Crippen LogP contribution is -1.98. The molecule has 0 unspecified atom stereocenters. The Bertz CT molecular complexity index is 282. The number of hydrazone groups is 1. The number of para-hydroxylation sites is 1. The average molecular weight is 164 g/mol. The summed E-state index contributed by atoms with van der Waals surface area (Å²) in [6, 6.07) is 9.11. The van der Waals surface area contributed by atoms with Gasteiger partial charge in [0.15, 0.2) is 0 Å². The maximum absolute atomic E-state index is 10.0. The molecule has 0 spiro atoms. The maximum Gasteiger partial charge on any atom is 0.348 e. The highest BCUT2D eigenvalue weighted by molar-refractivity contribution is 6.22. The van der Waals surface area contributed by atoms with Crippen LogP contribution in [-0.2, 0) is 4.79 Å². The Balaban J connectivity index is 2.49. The van der Waals surface area contributed by atoms with Crippen molar-refractivity contribution < 1.29 is 9.90 Å². The fourth-order valence-electron chi connectivity index (χ4n) is 0.675. The van der Waals surface area contributed by atoms with Crippen LogP contribution in [0.15, 0.2) is 35.4 Å². The zero-order valence-corrected chi connectivity index (χ0v) is 6.27. The summed E-state index contributed by atoms with van der Waals surface area (Å²) in [6.45, 7) is 0. The summed E-state index contributed by atoms with van der Waals surface area (Å²) in [5, 5.41) is 11.7. The number of hydrogen-bond donors (Lipinski definition) is 2. The van der Waals surface area contributed by atoms with Gasteiger partial charge in [-0.05, 0) is 12.1 Å². The molecule has 0 aromatic heterocycles. The third-order valence-corrected chi connectivity index (χ3v) is 1.14. The SMILES string of the molecule is O=C(O)/C=N\Nc1ccccc1. The Morgan fingerprint density at radius 2 is 2.08 bits per heavy atom. The third kappa shape index (κ3) is 2.83. The second-order valence-corrected chi connectivity index (χ2v) is 2.07. The Kier molecular flexibility index (Phi) is 2.84. The number of nitrogens with zero attached hydrogens (tertiary/aromatic N) is 1. The number of nitrogens with one attached hydrogen (secondary N) is 1. The van der Waals surface area contributed by atoms with E-state index in [-0.39, 0.29) is 0 Å². The Morgan fingerprint density at radius 1 is 1.42 bits per heavy atom. The topological polar surface area (TPSA) is 61.7 Å². The van der Waals surface area contributed by atoms with Crippen molar-refractivity contribution in [3.8, 4) is 0 Å². The summed E-state index contributed by atoms with van der Waals surface area (Å²) in [6.07, 6.45) is 0.799. The molecule has 0 aliphatic heterocycles. The first-order valence-electron chi connectivity index (χ1n) is 3.36. The molecule has 0 aliphatic carbocycles. The summed E-state index contributed by atoms with van der Waals surface area (Å²) < 4.78 is 0. The molecule has 0 bridgehead atoms. The molecule has 0 amide bonds. The molecule has 0 atom stereocenters. The number of benzene rings is 1. The molecular formula is C8H8N2O2. The zero-order valence-electron chi connectivity index (χ0n) is 6.27. The Hall–Kier alpha value is -1.84. The number of carboxylic acid groups (broad SMARTS) is 1. The molecule has 0 saturated heterocycles. The number of hydrogen-bond acceptors (Lipinski definition) is 3. The van der Waals surface area contributed by atoms with Gasteiger partial charge in [0.2, 0.25) is 0 Å².